The van der Waals surface area contributed by atoms with Gasteiger partial charge in [-0.25, -0.2) is 13.4 Å². The van der Waals surface area contributed by atoms with Crippen LogP contribution >= 0.6 is 0 Å². The third kappa shape index (κ3) is 4.22. The highest BCUT2D eigenvalue weighted by atomic mass is 32.2. The van der Waals surface area contributed by atoms with Crippen LogP contribution in [0.2, 0.25) is 0 Å². The summed E-state index contributed by atoms with van der Waals surface area (Å²) in [6.45, 7) is 0.171. The summed E-state index contributed by atoms with van der Waals surface area (Å²) in [7, 11) is -2.23. The maximum Gasteiger partial charge on any atom is 0.243 e. The van der Waals surface area contributed by atoms with Crippen LogP contribution in [0.15, 0.2) is 65.6 Å². The van der Waals surface area contributed by atoms with Crippen molar-refractivity contribution < 1.29 is 22.7 Å². The molecule has 0 spiro atoms. The highest BCUT2D eigenvalue weighted by Gasteiger charge is 2.51. The summed E-state index contributed by atoms with van der Waals surface area (Å²) in [6, 6.07) is 17.3. The molecule has 2 aromatic carbocycles. The summed E-state index contributed by atoms with van der Waals surface area (Å²) in [6.07, 6.45) is 6.71. The van der Waals surface area contributed by atoms with Crippen molar-refractivity contribution >= 4 is 21.7 Å². The molecule has 9 heteroatoms. The number of amides is 1. The summed E-state index contributed by atoms with van der Waals surface area (Å²) in [4.78, 5) is 17.9. The molecule has 2 heterocycles. The van der Waals surface area contributed by atoms with Gasteiger partial charge in [-0.05, 0) is 54.8 Å². The topological polar surface area (TPSA) is 97.8 Å². The Morgan fingerprint density at radius 1 is 1.11 bits per heavy atom. The van der Waals surface area contributed by atoms with Gasteiger partial charge in [-0.2, -0.15) is 4.31 Å². The number of ether oxygens (including phenoxy) is 2. The molecule has 0 bridgehead atoms. The van der Waals surface area contributed by atoms with Gasteiger partial charge in [0.05, 0.1) is 22.5 Å². The van der Waals surface area contributed by atoms with Crippen molar-refractivity contribution in [3.8, 4) is 35.1 Å². The second kappa shape index (κ2) is 8.73. The molecule has 0 atom stereocenters. The quantitative estimate of drug-likeness (QED) is 0.511. The Morgan fingerprint density at radius 3 is 2.57 bits per heavy atom. The van der Waals surface area contributed by atoms with E-state index < -0.39 is 15.4 Å². The van der Waals surface area contributed by atoms with E-state index in [9.17, 15) is 13.2 Å². The van der Waals surface area contributed by atoms with Gasteiger partial charge < -0.3 is 14.8 Å². The minimum atomic E-state index is -3.67. The summed E-state index contributed by atoms with van der Waals surface area (Å²) < 4.78 is 37.1. The van der Waals surface area contributed by atoms with Crippen LogP contribution in [0, 0.1) is 12.3 Å². The van der Waals surface area contributed by atoms with Crippen LogP contribution < -0.4 is 14.8 Å². The molecule has 0 radical (unpaired) electrons. The largest absolute Gasteiger partial charge is 0.454 e. The number of aromatic nitrogens is 1. The molecule has 1 N–H and O–H groups in total. The van der Waals surface area contributed by atoms with Gasteiger partial charge in [-0.15, -0.1) is 6.42 Å². The maximum absolute atomic E-state index is 13.2. The Kier molecular flexibility index (Phi) is 5.71. The molecule has 1 aliphatic carbocycles. The third-order valence-corrected chi connectivity index (χ3v) is 8.09. The first-order chi connectivity index (χ1) is 16.8. The molecule has 2 aliphatic rings. The molecule has 5 rings (SSSR count). The zero-order chi connectivity index (χ0) is 24.6. The average molecular weight is 490 g/mol. The second-order valence-electron chi connectivity index (χ2n) is 8.50. The third-order valence-electron chi connectivity index (χ3n) is 6.27. The highest BCUT2D eigenvalue weighted by Crippen LogP contribution is 2.51. The monoisotopic (exact) mass is 489 g/mol. The molecule has 1 fully saturated rings. The number of sulfonamides is 1. The van der Waals surface area contributed by atoms with Crippen LogP contribution in [-0.2, 0) is 20.2 Å². The van der Waals surface area contributed by atoms with E-state index >= 15 is 0 Å². The SMILES string of the molecule is C#CCN(C)S(=O)(=O)c1ccc(-c2cccc(NC(=O)C3(c4ccc5c(c4)OCO5)CC3)n2)cc1. The zero-order valence-electron chi connectivity index (χ0n) is 19.0. The first-order valence-corrected chi connectivity index (χ1v) is 12.5. The highest BCUT2D eigenvalue weighted by molar-refractivity contribution is 7.89. The summed E-state index contributed by atoms with van der Waals surface area (Å²) in [5.74, 6) is 3.96. The fourth-order valence-corrected chi connectivity index (χ4v) is 5.14. The van der Waals surface area contributed by atoms with Crippen LogP contribution in [0.3, 0.4) is 0 Å². The predicted molar refractivity (Wildman–Crippen MR) is 130 cm³/mol. The van der Waals surface area contributed by atoms with Crippen LogP contribution in [0.25, 0.3) is 11.3 Å². The molecule has 1 aliphatic heterocycles. The lowest BCUT2D eigenvalue weighted by molar-refractivity contribution is -0.118. The summed E-state index contributed by atoms with van der Waals surface area (Å²) in [5.41, 5.74) is 1.61. The number of hydrogen-bond donors (Lipinski definition) is 1. The van der Waals surface area contributed by atoms with Gasteiger partial charge in [-0.3, -0.25) is 4.79 Å². The van der Waals surface area contributed by atoms with Crippen molar-refractivity contribution in [2.45, 2.75) is 23.2 Å². The number of carbonyl (C=O) groups excluding carboxylic acids is 1. The van der Waals surface area contributed by atoms with E-state index in [0.717, 1.165) is 28.3 Å². The zero-order valence-corrected chi connectivity index (χ0v) is 19.8. The van der Waals surface area contributed by atoms with Gasteiger partial charge in [-0.1, -0.05) is 30.2 Å². The number of nitrogens with zero attached hydrogens (tertiary/aromatic N) is 2. The van der Waals surface area contributed by atoms with E-state index in [1.54, 1.807) is 30.3 Å². The fourth-order valence-electron chi connectivity index (χ4n) is 4.06. The van der Waals surface area contributed by atoms with Gasteiger partial charge in [0.2, 0.25) is 22.7 Å². The fraction of sp³-hybridized carbons (Fsp3) is 0.231. The van der Waals surface area contributed by atoms with Crippen molar-refractivity contribution in [3.05, 3.63) is 66.2 Å². The summed E-state index contributed by atoms with van der Waals surface area (Å²) >= 11 is 0. The molecule has 1 aromatic heterocycles. The van der Waals surface area contributed by atoms with E-state index in [1.165, 1.54) is 19.2 Å². The number of pyridine rings is 1. The second-order valence-corrected chi connectivity index (χ2v) is 10.5. The van der Waals surface area contributed by atoms with Crippen molar-refractivity contribution in [1.82, 2.24) is 9.29 Å². The standard InChI is InChI=1S/C26H23N3O5S/c1-3-15-29(2)35(31,32)20-10-7-18(8-11-20)21-5-4-6-24(27-21)28-25(30)26(13-14-26)19-9-12-22-23(16-19)34-17-33-22/h1,4-12,16H,13-15,17H2,2H3,(H,27,28,30). The number of fused-ring (bicyclic) bond motifs is 1. The molecular formula is C26H23N3O5S. The lowest BCUT2D eigenvalue weighted by Gasteiger charge is -2.16. The van der Waals surface area contributed by atoms with E-state index in [2.05, 4.69) is 16.2 Å². The Hall–Kier alpha value is -3.87. The molecule has 0 saturated heterocycles. The Labute approximate surface area is 203 Å². The first-order valence-electron chi connectivity index (χ1n) is 11.0. The van der Waals surface area contributed by atoms with E-state index in [-0.39, 0.29) is 24.1 Å². The van der Waals surface area contributed by atoms with E-state index in [0.29, 0.717) is 23.0 Å². The molecule has 1 amide bonds. The maximum atomic E-state index is 13.2. The normalized spacial score (nSPS) is 15.5. The van der Waals surface area contributed by atoms with Crippen LogP contribution in [-0.4, -0.2) is 44.0 Å². The molecule has 35 heavy (non-hydrogen) atoms. The predicted octanol–water partition coefficient (Wildman–Crippen LogP) is 3.40. The molecule has 3 aromatic rings. The molecule has 0 unspecified atom stereocenters. The lowest BCUT2D eigenvalue weighted by Crippen LogP contribution is -2.28. The first kappa shape index (κ1) is 22.9. The number of carbonyl (C=O) groups is 1. The van der Waals surface area contributed by atoms with Crippen molar-refractivity contribution in [3.63, 3.8) is 0 Å². The number of rotatable bonds is 7. The van der Waals surface area contributed by atoms with E-state index in [4.69, 9.17) is 15.9 Å². The number of nitrogens with one attached hydrogen (secondary N) is 1. The minimum Gasteiger partial charge on any atom is -0.454 e. The van der Waals surface area contributed by atoms with Gasteiger partial charge in [0.1, 0.15) is 5.82 Å². The smallest absolute Gasteiger partial charge is 0.243 e. The van der Waals surface area contributed by atoms with Crippen molar-refractivity contribution in [1.29, 1.82) is 0 Å². The molecular weight excluding hydrogens is 466 g/mol. The molecule has 178 valence electrons. The summed E-state index contributed by atoms with van der Waals surface area (Å²) in [5, 5.41) is 2.94. The molecule has 8 nitrogen and oxygen atoms in total. The minimum absolute atomic E-state index is 0.0128. The Balaban J connectivity index is 1.33. The average Bonchev–Trinajstić information content (AvgIpc) is 3.55. The van der Waals surface area contributed by atoms with Gasteiger partial charge >= 0.3 is 0 Å². The lowest BCUT2D eigenvalue weighted by atomic mass is 9.94. The van der Waals surface area contributed by atoms with Crippen molar-refractivity contribution in [2.24, 2.45) is 0 Å². The van der Waals surface area contributed by atoms with Gasteiger partial charge in [0.25, 0.3) is 0 Å². The number of benzene rings is 2. The number of anilines is 1. The van der Waals surface area contributed by atoms with Crippen LogP contribution in [0.5, 0.6) is 11.5 Å². The van der Waals surface area contributed by atoms with Gasteiger partial charge in [0.15, 0.2) is 11.5 Å². The number of terminal acetylenes is 1. The van der Waals surface area contributed by atoms with Crippen LogP contribution in [0.1, 0.15) is 18.4 Å². The Bertz CT molecular complexity index is 1440. The Morgan fingerprint density at radius 2 is 1.86 bits per heavy atom. The van der Waals surface area contributed by atoms with Crippen LogP contribution in [0.4, 0.5) is 5.82 Å². The van der Waals surface area contributed by atoms with Gasteiger partial charge in [0, 0.05) is 12.6 Å². The number of hydrogen-bond acceptors (Lipinski definition) is 6. The van der Waals surface area contributed by atoms with Crippen molar-refractivity contribution in [2.75, 3.05) is 25.7 Å². The van der Waals surface area contributed by atoms with E-state index in [1.807, 2.05) is 18.2 Å². The molecule has 1 saturated carbocycles.